The number of rotatable bonds is 9. The molecule has 0 saturated carbocycles. The van der Waals surface area contributed by atoms with Crippen LogP contribution in [0.3, 0.4) is 0 Å². The number of unbranched alkanes of at least 4 members (excludes halogenated alkanes) is 1. The number of ether oxygens (including phenoxy) is 3. The third kappa shape index (κ3) is 5.12. The van der Waals surface area contributed by atoms with Crippen molar-refractivity contribution in [2.24, 2.45) is 0 Å². The van der Waals surface area contributed by atoms with Crippen LogP contribution in [0.4, 0.5) is 5.13 Å². The van der Waals surface area contributed by atoms with Gasteiger partial charge in [-0.1, -0.05) is 36.8 Å². The number of thiazole rings is 1. The van der Waals surface area contributed by atoms with Gasteiger partial charge in [-0.25, -0.2) is 9.78 Å². The van der Waals surface area contributed by atoms with Crippen molar-refractivity contribution in [1.29, 1.82) is 0 Å². The lowest BCUT2D eigenvalue weighted by atomic mass is 9.95. The Morgan fingerprint density at radius 2 is 1.84 bits per heavy atom. The van der Waals surface area contributed by atoms with E-state index in [0.29, 0.717) is 34.9 Å². The molecule has 1 amide bonds. The highest BCUT2D eigenvalue weighted by Gasteiger charge is 2.48. The van der Waals surface area contributed by atoms with E-state index in [1.807, 2.05) is 0 Å². The molecule has 38 heavy (non-hydrogen) atoms. The summed E-state index contributed by atoms with van der Waals surface area (Å²) in [5, 5.41) is 11.5. The Labute approximate surface area is 224 Å². The standard InChI is InChI=1S/C28H28N2O7S/c1-5-6-14-37-19-12-10-17(11-13-19)23(31)21-22(18-8-7-9-20(15-18)35-3)30(26(33)24(21)32)28-29-16(2)25(38-28)27(34)36-4/h7-13,15,22,31H,5-6,14H2,1-4H3/t22-/m1/s1. The summed E-state index contributed by atoms with van der Waals surface area (Å²) in [7, 11) is 2.76. The number of carbonyl (C=O) groups excluding carboxylic acids is 3. The van der Waals surface area contributed by atoms with Gasteiger partial charge in [-0.3, -0.25) is 14.5 Å². The fourth-order valence-corrected chi connectivity index (χ4v) is 5.13. The Kier molecular flexibility index (Phi) is 8.11. The van der Waals surface area contributed by atoms with Crippen LogP contribution in [0, 0.1) is 6.92 Å². The lowest BCUT2D eigenvalue weighted by molar-refractivity contribution is -0.132. The van der Waals surface area contributed by atoms with E-state index in [0.717, 1.165) is 24.2 Å². The van der Waals surface area contributed by atoms with Crippen LogP contribution in [-0.4, -0.2) is 48.6 Å². The molecule has 1 fully saturated rings. The monoisotopic (exact) mass is 536 g/mol. The molecule has 1 aliphatic rings. The number of anilines is 1. The molecule has 198 valence electrons. The first-order valence-corrected chi connectivity index (χ1v) is 12.9. The highest BCUT2D eigenvalue weighted by Crippen LogP contribution is 2.44. The maximum Gasteiger partial charge on any atom is 0.350 e. The number of amides is 1. The van der Waals surface area contributed by atoms with Crippen LogP contribution in [0.15, 0.2) is 54.1 Å². The van der Waals surface area contributed by atoms with E-state index in [4.69, 9.17) is 14.2 Å². The number of hydrogen-bond donors (Lipinski definition) is 1. The van der Waals surface area contributed by atoms with E-state index in [1.165, 1.54) is 19.1 Å². The number of ketones is 1. The quantitative estimate of drug-likeness (QED) is 0.133. The average Bonchev–Trinajstić information content (AvgIpc) is 3.44. The second-order valence-electron chi connectivity index (χ2n) is 8.57. The second kappa shape index (κ2) is 11.5. The smallest absolute Gasteiger partial charge is 0.350 e. The number of carbonyl (C=O) groups is 3. The van der Waals surface area contributed by atoms with Crippen molar-refractivity contribution < 1.29 is 33.7 Å². The summed E-state index contributed by atoms with van der Waals surface area (Å²) < 4.78 is 15.9. The number of hydrogen-bond acceptors (Lipinski definition) is 9. The number of aliphatic hydroxyl groups is 1. The predicted molar refractivity (Wildman–Crippen MR) is 143 cm³/mol. The van der Waals surface area contributed by atoms with Gasteiger partial charge in [0.1, 0.15) is 22.1 Å². The fourth-order valence-electron chi connectivity index (χ4n) is 4.12. The summed E-state index contributed by atoms with van der Waals surface area (Å²) in [6.07, 6.45) is 1.92. The minimum absolute atomic E-state index is 0.102. The normalized spacial score (nSPS) is 16.5. The van der Waals surface area contributed by atoms with E-state index in [2.05, 4.69) is 11.9 Å². The molecule has 3 aromatic rings. The van der Waals surface area contributed by atoms with Crippen LogP contribution < -0.4 is 14.4 Å². The zero-order valence-electron chi connectivity index (χ0n) is 21.5. The molecule has 10 heteroatoms. The van der Waals surface area contributed by atoms with Crippen molar-refractivity contribution in [3.63, 3.8) is 0 Å². The van der Waals surface area contributed by atoms with Gasteiger partial charge in [0.15, 0.2) is 5.13 Å². The van der Waals surface area contributed by atoms with Gasteiger partial charge in [-0.05, 0) is 55.3 Å². The number of benzene rings is 2. The number of aliphatic hydroxyl groups excluding tert-OH is 1. The fraction of sp³-hybridized carbons (Fsp3) is 0.286. The van der Waals surface area contributed by atoms with Gasteiger partial charge in [-0.15, -0.1) is 0 Å². The summed E-state index contributed by atoms with van der Waals surface area (Å²) >= 11 is 0.940. The van der Waals surface area contributed by atoms with Crippen LogP contribution >= 0.6 is 11.3 Å². The molecule has 0 bridgehead atoms. The molecule has 1 aliphatic heterocycles. The molecule has 9 nitrogen and oxygen atoms in total. The lowest BCUT2D eigenvalue weighted by Crippen LogP contribution is -2.29. The van der Waals surface area contributed by atoms with Gasteiger partial charge in [0.25, 0.3) is 5.78 Å². The highest BCUT2D eigenvalue weighted by atomic mass is 32.1. The van der Waals surface area contributed by atoms with Gasteiger partial charge in [0, 0.05) is 5.56 Å². The molecule has 0 unspecified atom stereocenters. The van der Waals surface area contributed by atoms with Crippen LogP contribution in [0.25, 0.3) is 5.76 Å². The number of esters is 1. The maximum atomic E-state index is 13.4. The van der Waals surface area contributed by atoms with Gasteiger partial charge in [0.05, 0.1) is 38.1 Å². The van der Waals surface area contributed by atoms with E-state index in [9.17, 15) is 19.5 Å². The SMILES string of the molecule is CCCCOc1ccc(C(O)=C2C(=O)C(=O)N(c3nc(C)c(C(=O)OC)s3)[C@@H]2c2cccc(OC)c2)cc1. The van der Waals surface area contributed by atoms with Crippen molar-refractivity contribution in [3.05, 3.63) is 75.8 Å². The highest BCUT2D eigenvalue weighted by molar-refractivity contribution is 7.17. The van der Waals surface area contributed by atoms with E-state index in [1.54, 1.807) is 55.5 Å². The summed E-state index contributed by atoms with van der Waals surface area (Å²) in [5.74, 6) is -1.53. The van der Waals surface area contributed by atoms with Crippen molar-refractivity contribution in [2.45, 2.75) is 32.7 Å². The maximum absolute atomic E-state index is 13.4. The largest absolute Gasteiger partial charge is 0.507 e. The van der Waals surface area contributed by atoms with Gasteiger partial charge < -0.3 is 19.3 Å². The zero-order chi connectivity index (χ0) is 27.4. The molecule has 1 saturated heterocycles. The predicted octanol–water partition coefficient (Wildman–Crippen LogP) is 5.05. The number of aryl methyl sites for hydroxylation is 1. The van der Waals surface area contributed by atoms with Crippen LogP contribution in [0.1, 0.15) is 52.3 Å². The van der Waals surface area contributed by atoms with Crippen molar-refractivity contribution >= 4 is 39.9 Å². The van der Waals surface area contributed by atoms with Crippen molar-refractivity contribution in [3.8, 4) is 11.5 Å². The van der Waals surface area contributed by atoms with E-state index >= 15 is 0 Å². The average molecular weight is 537 g/mol. The van der Waals surface area contributed by atoms with Gasteiger partial charge in [0.2, 0.25) is 0 Å². The Morgan fingerprint density at radius 3 is 2.50 bits per heavy atom. The molecule has 0 radical (unpaired) electrons. The van der Waals surface area contributed by atoms with Gasteiger partial charge in [-0.2, -0.15) is 0 Å². The lowest BCUT2D eigenvalue weighted by Gasteiger charge is -2.23. The molecular weight excluding hydrogens is 508 g/mol. The molecule has 1 N–H and O–H groups in total. The number of aromatic nitrogens is 1. The molecule has 4 rings (SSSR count). The topological polar surface area (TPSA) is 115 Å². The molecule has 1 aromatic heterocycles. The first-order chi connectivity index (χ1) is 18.3. The van der Waals surface area contributed by atoms with E-state index < -0.39 is 23.7 Å². The Balaban J connectivity index is 1.84. The Bertz CT molecular complexity index is 1390. The van der Waals surface area contributed by atoms with E-state index in [-0.39, 0.29) is 21.3 Å². The van der Waals surface area contributed by atoms with Crippen LogP contribution in [0.5, 0.6) is 11.5 Å². The first kappa shape index (κ1) is 26.9. The minimum Gasteiger partial charge on any atom is -0.507 e. The third-order valence-corrected chi connectivity index (χ3v) is 7.25. The molecule has 0 aliphatic carbocycles. The summed E-state index contributed by atoms with van der Waals surface area (Å²) in [5.41, 5.74) is 1.14. The second-order valence-corrected chi connectivity index (χ2v) is 9.55. The summed E-state index contributed by atoms with van der Waals surface area (Å²) in [4.78, 5) is 44.8. The van der Waals surface area contributed by atoms with Crippen molar-refractivity contribution in [1.82, 2.24) is 4.98 Å². The summed E-state index contributed by atoms with van der Waals surface area (Å²) in [6, 6.07) is 12.5. The van der Waals surface area contributed by atoms with Crippen LogP contribution in [0.2, 0.25) is 0 Å². The molecule has 0 spiro atoms. The third-order valence-electron chi connectivity index (χ3n) is 6.11. The Hall–Kier alpha value is -4.18. The molecule has 2 aromatic carbocycles. The number of methoxy groups -OCH3 is 2. The van der Waals surface area contributed by atoms with Gasteiger partial charge >= 0.3 is 11.9 Å². The van der Waals surface area contributed by atoms with Crippen molar-refractivity contribution in [2.75, 3.05) is 25.7 Å². The number of Topliss-reactive ketones (excluding diaryl/α,β-unsaturated/α-hetero) is 1. The molecule has 2 heterocycles. The Morgan fingerprint density at radius 1 is 1.11 bits per heavy atom. The van der Waals surface area contributed by atoms with Crippen LogP contribution in [-0.2, 0) is 14.3 Å². The molecule has 1 atom stereocenters. The first-order valence-electron chi connectivity index (χ1n) is 12.0. The zero-order valence-corrected chi connectivity index (χ0v) is 22.3. The summed E-state index contributed by atoms with van der Waals surface area (Å²) in [6.45, 7) is 4.26. The number of nitrogens with zero attached hydrogens (tertiary/aromatic N) is 2. The minimum atomic E-state index is -1.01. The molecular formula is C28H28N2O7S.